The third-order valence-corrected chi connectivity index (χ3v) is 4.68. The fourth-order valence-electron chi connectivity index (χ4n) is 3.20. The number of aryl methyl sites for hydroxylation is 1. The summed E-state index contributed by atoms with van der Waals surface area (Å²) in [6.07, 6.45) is 2.00. The Balaban J connectivity index is 1.57. The van der Waals surface area contributed by atoms with E-state index in [1.807, 2.05) is 25.2 Å². The lowest BCUT2D eigenvalue weighted by molar-refractivity contribution is 0.371. The Morgan fingerprint density at radius 2 is 2.20 bits per heavy atom. The van der Waals surface area contributed by atoms with Gasteiger partial charge in [0.15, 0.2) is 11.7 Å². The summed E-state index contributed by atoms with van der Waals surface area (Å²) in [5.41, 5.74) is 2.33. The third-order valence-electron chi connectivity index (χ3n) is 4.68. The fourth-order valence-corrected chi connectivity index (χ4v) is 3.20. The van der Waals surface area contributed by atoms with Crippen molar-refractivity contribution in [2.24, 2.45) is 4.99 Å². The van der Waals surface area contributed by atoms with Gasteiger partial charge in [-0.25, -0.2) is 0 Å². The zero-order valence-electron chi connectivity index (χ0n) is 15.2. The van der Waals surface area contributed by atoms with E-state index in [-0.39, 0.29) is 0 Å². The lowest BCUT2D eigenvalue weighted by atomic mass is 9.98. The Labute approximate surface area is 148 Å². The van der Waals surface area contributed by atoms with E-state index in [0.29, 0.717) is 12.5 Å². The Morgan fingerprint density at radius 1 is 1.40 bits per heavy atom. The fraction of sp³-hybridized carbons (Fsp3) is 0.474. The van der Waals surface area contributed by atoms with E-state index < -0.39 is 0 Å². The van der Waals surface area contributed by atoms with E-state index in [2.05, 4.69) is 39.4 Å². The van der Waals surface area contributed by atoms with Gasteiger partial charge in [0.25, 0.3) is 0 Å². The van der Waals surface area contributed by atoms with Crippen LogP contribution in [0.5, 0.6) is 5.75 Å². The predicted molar refractivity (Wildman–Crippen MR) is 98.0 cm³/mol. The molecule has 1 aliphatic rings. The lowest BCUT2D eigenvalue weighted by Crippen LogP contribution is -2.39. The second-order valence-corrected chi connectivity index (χ2v) is 6.24. The van der Waals surface area contributed by atoms with Crippen molar-refractivity contribution >= 4 is 5.96 Å². The van der Waals surface area contributed by atoms with Crippen LogP contribution in [0.1, 0.15) is 36.3 Å². The number of hydrogen-bond donors (Lipinski definition) is 1. The normalized spacial score (nSPS) is 17.8. The molecule has 6 heteroatoms. The molecular weight excluding hydrogens is 316 g/mol. The minimum atomic E-state index is 0.515. The second-order valence-electron chi connectivity index (χ2n) is 6.24. The molecule has 0 bridgehead atoms. The molecule has 0 spiro atoms. The van der Waals surface area contributed by atoms with E-state index in [0.717, 1.165) is 49.1 Å². The predicted octanol–water partition coefficient (Wildman–Crippen LogP) is 2.81. The van der Waals surface area contributed by atoms with Crippen LogP contribution in [0.3, 0.4) is 0 Å². The minimum absolute atomic E-state index is 0.515. The van der Waals surface area contributed by atoms with Crippen molar-refractivity contribution in [3.05, 3.63) is 47.3 Å². The van der Waals surface area contributed by atoms with E-state index in [1.54, 1.807) is 7.11 Å². The molecule has 0 saturated carbocycles. The van der Waals surface area contributed by atoms with Gasteiger partial charge in [-0.1, -0.05) is 24.2 Å². The highest BCUT2D eigenvalue weighted by molar-refractivity contribution is 5.80. The van der Waals surface area contributed by atoms with Crippen molar-refractivity contribution in [2.75, 3.05) is 27.2 Å². The molecule has 1 aromatic carbocycles. The monoisotopic (exact) mass is 342 g/mol. The van der Waals surface area contributed by atoms with Crippen LogP contribution in [0, 0.1) is 0 Å². The zero-order chi connectivity index (χ0) is 17.6. The van der Waals surface area contributed by atoms with Crippen LogP contribution in [0.25, 0.3) is 0 Å². The minimum Gasteiger partial charge on any atom is -0.497 e. The van der Waals surface area contributed by atoms with Crippen LogP contribution < -0.4 is 10.1 Å². The van der Waals surface area contributed by atoms with Crippen molar-refractivity contribution in [1.29, 1.82) is 0 Å². The molecule has 6 nitrogen and oxygen atoms in total. The summed E-state index contributed by atoms with van der Waals surface area (Å²) in [4.78, 5) is 6.71. The van der Waals surface area contributed by atoms with Crippen LogP contribution in [0.4, 0.5) is 0 Å². The quantitative estimate of drug-likeness (QED) is 0.669. The van der Waals surface area contributed by atoms with E-state index in [4.69, 9.17) is 9.26 Å². The number of guanidine groups is 1. The third kappa shape index (κ3) is 4.13. The summed E-state index contributed by atoms with van der Waals surface area (Å²) in [6, 6.07) is 10.4. The molecule has 1 fully saturated rings. The summed E-state index contributed by atoms with van der Waals surface area (Å²) < 4.78 is 10.6. The van der Waals surface area contributed by atoms with E-state index in [9.17, 15) is 0 Å². The number of hydrogen-bond acceptors (Lipinski definition) is 4. The molecule has 1 unspecified atom stereocenters. The number of methoxy groups -OCH3 is 1. The van der Waals surface area contributed by atoms with Crippen molar-refractivity contribution in [3.63, 3.8) is 0 Å². The smallest absolute Gasteiger partial charge is 0.194 e. The van der Waals surface area contributed by atoms with Gasteiger partial charge >= 0.3 is 0 Å². The van der Waals surface area contributed by atoms with Gasteiger partial charge < -0.3 is 19.5 Å². The van der Waals surface area contributed by atoms with Gasteiger partial charge in [-0.3, -0.25) is 4.99 Å². The molecule has 0 aliphatic carbocycles. The molecule has 1 aromatic heterocycles. The Morgan fingerprint density at radius 3 is 2.84 bits per heavy atom. The van der Waals surface area contributed by atoms with Crippen molar-refractivity contribution in [1.82, 2.24) is 15.4 Å². The highest BCUT2D eigenvalue weighted by Gasteiger charge is 2.26. The summed E-state index contributed by atoms with van der Waals surface area (Å²) in [7, 11) is 3.51. The maximum Gasteiger partial charge on any atom is 0.194 e. The van der Waals surface area contributed by atoms with Crippen LogP contribution in [-0.4, -0.2) is 43.3 Å². The molecule has 1 N–H and O–H groups in total. The van der Waals surface area contributed by atoms with Gasteiger partial charge in [-0.2, -0.15) is 0 Å². The lowest BCUT2D eigenvalue weighted by Gasteiger charge is -2.21. The molecule has 2 heterocycles. The van der Waals surface area contributed by atoms with Crippen LogP contribution >= 0.6 is 0 Å². The molecule has 134 valence electrons. The van der Waals surface area contributed by atoms with Gasteiger partial charge in [-0.15, -0.1) is 0 Å². The number of aliphatic imine (C=N–C) groups is 1. The summed E-state index contributed by atoms with van der Waals surface area (Å²) in [5, 5.41) is 7.40. The second kappa shape index (κ2) is 8.05. The number of rotatable bonds is 5. The first-order valence-corrected chi connectivity index (χ1v) is 8.77. The average Bonchev–Trinajstić information content (AvgIpc) is 3.32. The average molecular weight is 342 g/mol. The maximum atomic E-state index is 5.33. The molecule has 1 atom stereocenters. The number of ether oxygens (including phenoxy) is 1. The first kappa shape index (κ1) is 17.3. The summed E-state index contributed by atoms with van der Waals surface area (Å²) in [6.45, 7) is 4.62. The van der Waals surface area contributed by atoms with Crippen molar-refractivity contribution in [3.8, 4) is 5.75 Å². The van der Waals surface area contributed by atoms with E-state index in [1.165, 1.54) is 5.56 Å². The largest absolute Gasteiger partial charge is 0.497 e. The number of benzene rings is 1. The standard InChI is InChI=1S/C19H26N4O2/c1-4-16-11-18(25-22-16)12-21-19(20-2)23-10-9-15(13-23)14-5-7-17(24-3)8-6-14/h5-8,11,15H,4,9-10,12-13H2,1-3H3,(H,20,21). The molecule has 0 radical (unpaired) electrons. The highest BCUT2D eigenvalue weighted by Crippen LogP contribution is 2.28. The Kier molecular flexibility index (Phi) is 5.58. The molecule has 2 aromatic rings. The Hall–Kier alpha value is -2.50. The van der Waals surface area contributed by atoms with Gasteiger partial charge in [0.05, 0.1) is 19.3 Å². The molecule has 3 rings (SSSR count). The van der Waals surface area contributed by atoms with Crippen LogP contribution in [-0.2, 0) is 13.0 Å². The van der Waals surface area contributed by atoms with Crippen LogP contribution in [0.2, 0.25) is 0 Å². The van der Waals surface area contributed by atoms with Gasteiger partial charge in [0, 0.05) is 32.1 Å². The highest BCUT2D eigenvalue weighted by atomic mass is 16.5. The van der Waals surface area contributed by atoms with Gasteiger partial charge in [-0.05, 0) is 30.5 Å². The van der Waals surface area contributed by atoms with Gasteiger partial charge in [0.2, 0.25) is 0 Å². The number of aromatic nitrogens is 1. The molecule has 1 saturated heterocycles. The molecule has 25 heavy (non-hydrogen) atoms. The Bertz CT molecular complexity index is 708. The number of likely N-dealkylation sites (tertiary alicyclic amines) is 1. The zero-order valence-corrected chi connectivity index (χ0v) is 15.2. The van der Waals surface area contributed by atoms with Crippen molar-refractivity contribution in [2.45, 2.75) is 32.2 Å². The number of nitrogens with one attached hydrogen (secondary N) is 1. The first-order valence-electron chi connectivity index (χ1n) is 8.77. The van der Waals surface area contributed by atoms with Crippen LogP contribution in [0.15, 0.2) is 39.8 Å². The molecular formula is C19H26N4O2. The molecule has 0 amide bonds. The SMILES string of the molecule is CCc1cc(CNC(=NC)N2CCC(c3ccc(OC)cc3)C2)on1. The number of nitrogens with zero attached hydrogens (tertiary/aromatic N) is 3. The van der Waals surface area contributed by atoms with Crippen molar-refractivity contribution < 1.29 is 9.26 Å². The van der Waals surface area contributed by atoms with Gasteiger partial charge in [0.1, 0.15) is 5.75 Å². The summed E-state index contributed by atoms with van der Waals surface area (Å²) in [5.74, 6) is 3.16. The van der Waals surface area contributed by atoms with E-state index >= 15 is 0 Å². The molecule has 1 aliphatic heterocycles. The summed E-state index contributed by atoms with van der Waals surface area (Å²) >= 11 is 0. The maximum absolute atomic E-state index is 5.33. The first-order chi connectivity index (χ1) is 12.2. The topological polar surface area (TPSA) is 62.9 Å².